The van der Waals surface area contributed by atoms with Gasteiger partial charge < -0.3 is 5.32 Å². The molecule has 0 atom stereocenters. The highest BCUT2D eigenvalue weighted by atomic mass is 79.9. The lowest BCUT2D eigenvalue weighted by Crippen LogP contribution is -2.12. The molecule has 8 heteroatoms. The Kier molecular flexibility index (Phi) is 5.73. The number of sulfonamides is 1. The van der Waals surface area contributed by atoms with Crippen molar-refractivity contribution < 1.29 is 8.42 Å². The van der Waals surface area contributed by atoms with Crippen molar-refractivity contribution in [2.45, 2.75) is 16.3 Å². The van der Waals surface area contributed by atoms with Gasteiger partial charge in [-0.2, -0.15) is 0 Å². The fourth-order valence-electron chi connectivity index (χ4n) is 1.71. The lowest BCUT2D eigenvalue weighted by molar-refractivity contribution is 0.601. The molecule has 0 unspecified atom stereocenters. The second kappa shape index (κ2) is 7.15. The molecular weight excluding hydrogens is 392 g/mol. The summed E-state index contributed by atoms with van der Waals surface area (Å²) in [5.41, 5.74) is 0.557. The molecule has 0 saturated carbocycles. The zero-order chi connectivity index (χ0) is 15.5. The van der Waals surface area contributed by atoms with Gasteiger partial charge in [-0.05, 0) is 59.6 Å². The number of anilines is 1. The molecule has 0 aliphatic rings. The minimum atomic E-state index is -3.58. The summed E-state index contributed by atoms with van der Waals surface area (Å²) < 4.78 is 28.1. The van der Waals surface area contributed by atoms with Gasteiger partial charge in [-0.1, -0.05) is 0 Å². The van der Waals surface area contributed by atoms with E-state index in [0.29, 0.717) is 16.0 Å². The first-order valence-corrected chi connectivity index (χ1v) is 10.4. The summed E-state index contributed by atoms with van der Waals surface area (Å²) in [7, 11) is -1.76. The fraction of sp³-hybridized carbons (Fsp3) is 0.231. The van der Waals surface area contributed by atoms with Crippen molar-refractivity contribution in [1.29, 1.82) is 0 Å². The number of hydrogen-bond donors (Lipinski definition) is 2. The molecule has 0 radical (unpaired) electrons. The molecule has 0 fully saturated rings. The number of halogens is 1. The van der Waals surface area contributed by atoms with Crippen molar-refractivity contribution in [2.24, 2.45) is 0 Å². The van der Waals surface area contributed by atoms with E-state index in [2.05, 4.69) is 26.0 Å². The summed E-state index contributed by atoms with van der Waals surface area (Å²) in [5, 5.41) is 3.01. The van der Waals surface area contributed by atoms with E-state index in [1.165, 1.54) is 11.3 Å². The number of hydrogen-bond acceptors (Lipinski definition) is 5. The van der Waals surface area contributed by atoms with Crippen LogP contribution in [0.25, 0.3) is 0 Å². The Morgan fingerprint density at radius 2 is 1.95 bits per heavy atom. The van der Waals surface area contributed by atoms with E-state index in [1.54, 1.807) is 30.0 Å². The van der Waals surface area contributed by atoms with Crippen LogP contribution in [-0.2, 0) is 16.6 Å². The molecule has 0 aliphatic heterocycles. The van der Waals surface area contributed by atoms with E-state index in [9.17, 15) is 8.42 Å². The smallest absolute Gasteiger partial charge is 0.263 e. The third kappa shape index (κ3) is 4.23. The average molecular weight is 407 g/mol. The Labute approximate surface area is 141 Å². The largest absolute Gasteiger partial charge is 0.315 e. The van der Waals surface area contributed by atoms with Gasteiger partial charge in [-0.3, -0.25) is 4.72 Å². The van der Waals surface area contributed by atoms with Crippen molar-refractivity contribution in [3.05, 3.63) is 39.0 Å². The molecule has 1 heterocycles. The third-order valence-electron chi connectivity index (χ3n) is 2.69. The Balaban J connectivity index is 2.24. The van der Waals surface area contributed by atoms with E-state index >= 15 is 0 Å². The number of thioether (sulfide) groups is 1. The molecule has 0 spiro atoms. The minimum absolute atomic E-state index is 0.270. The molecule has 0 saturated heterocycles. The normalized spacial score (nSPS) is 11.6. The van der Waals surface area contributed by atoms with Crippen LogP contribution in [0.1, 0.15) is 4.88 Å². The maximum Gasteiger partial charge on any atom is 0.263 e. The molecular formula is C13H15BrN2O2S3. The van der Waals surface area contributed by atoms with E-state index in [1.807, 2.05) is 25.4 Å². The van der Waals surface area contributed by atoms with E-state index in [4.69, 9.17) is 0 Å². The average Bonchev–Trinajstić information content (AvgIpc) is 2.81. The standard InChI is InChI=1S/C13H15BrN2O2S3/c1-15-8-11-7-12(13(14)20-11)21(17,18)16-9-3-5-10(19-2)6-4-9/h3-7,15-16H,8H2,1-2H3. The van der Waals surface area contributed by atoms with E-state index in [0.717, 1.165) is 9.77 Å². The van der Waals surface area contributed by atoms with Crippen molar-refractivity contribution in [3.8, 4) is 0 Å². The maximum absolute atomic E-state index is 12.4. The van der Waals surface area contributed by atoms with Gasteiger partial charge in [0.2, 0.25) is 0 Å². The van der Waals surface area contributed by atoms with Gasteiger partial charge in [0, 0.05) is 22.0 Å². The second-order valence-corrected chi connectivity index (χ2v) is 9.20. The first-order valence-electron chi connectivity index (χ1n) is 6.06. The Hall–Kier alpha value is -0.540. The summed E-state index contributed by atoms with van der Waals surface area (Å²) in [6, 6.07) is 8.98. The molecule has 1 aromatic carbocycles. The molecule has 21 heavy (non-hydrogen) atoms. The maximum atomic E-state index is 12.4. The van der Waals surface area contributed by atoms with Crippen LogP contribution in [0.3, 0.4) is 0 Å². The lowest BCUT2D eigenvalue weighted by atomic mass is 10.3. The minimum Gasteiger partial charge on any atom is -0.315 e. The third-order valence-corrected chi connectivity index (χ3v) is 7.07. The Morgan fingerprint density at radius 3 is 2.52 bits per heavy atom. The quantitative estimate of drug-likeness (QED) is 0.717. The SMILES string of the molecule is CNCc1cc(S(=O)(=O)Nc2ccc(SC)cc2)c(Br)s1. The van der Waals surface area contributed by atoms with Crippen LogP contribution in [0, 0.1) is 0 Å². The predicted octanol–water partition coefficient (Wildman–Crippen LogP) is 3.75. The van der Waals surface area contributed by atoms with Crippen LogP contribution >= 0.6 is 39.0 Å². The zero-order valence-corrected chi connectivity index (χ0v) is 15.5. The molecule has 0 aliphatic carbocycles. The first kappa shape index (κ1) is 16.8. The summed E-state index contributed by atoms with van der Waals surface area (Å²) in [6.45, 7) is 0.640. The van der Waals surface area contributed by atoms with Crippen molar-refractivity contribution >= 4 is 54.7 Å². The van der Waals surface area contributed by atoms with Crippen molar-refractivity contribution in [2.75, 3.05) is 18.0 Å². The zero-order valence-electron chi connectivity index (χ0n) is 11.5. The van der Waals surface area contributed by atoms with E-state index < -0.39 is 10.0 Å². The number of thiophene rings is 1. The van der Waals surface area contributed by atoms with Crippen molar-refractivity contribution in [3.63, 3.8) is 0 Å². The van der Waals surface area contributed by atoms with Crippen LogP contribution in [-0.4, -0.2) is 21.7 Å². The summed E-state index contributed by atoms with van der Waals surface area (Å²) >= 11 is 6.35. The second-order valence-electron chi connectivity index (χ2n) is 4.21. The molecule has 1 aromatic heterocycles. The van der Waals surface area contributed by atoms with Crippen molar-refractivity contribution in [1.82, 2.24) is 5.32 Å². The predicted molar refractivity (Wildman–Crippen MR) is 93.8 cm³/mol. The van der Waals surface area contributed by atoms with E-state index in [-0.39, 0.29) is 4.90 Å². The van der Waals surface area contributed by atoms with Gasteiger partial charge in [-0.25, -0.2) is 8.42 Å². The monoisotopic (exact) mass is 406 g/mol. The molecule has 2 N–H and O–H groups in total. The van der Waals surface area contributed by atoms with Crippen LogP contribution in [0.4, 0.5) is 5.69 Å². The number of rotatable bonds is 6. The van der Waals surface area contributed by atoms with Gasteiger partial charge in [0.05, 0.1) is 3.79 Å². The topological polar surface area (TPSA) is 58.2 Å². The highest BCUT2D eigenvalue weighted by molar-refractivity contribution is 9.11. The highest BCUT2D eigenvalue weighted by Crippen LogP contribution is 2.33. The summed E-state index contributed by atoms with van der Waals surface area (Å²) in [6.07, 6.45) is 1.98. The Morgan fingerprint density at radius 1 is 1.29 bits per heavy atom. The van der Waals surface area contributed by atoms with Crippen LogP contribution in [0.15, 0.2) is 43.9 Å². The van der Waals surface area contributed by atoms with Crippen LogP contribution < -0.4 is 10.0 Å². The Bertz CT molecular complexity index is 712. The van der Waals surface area contributed by atoms with Gasteiger partial charge >= 0.3 is 0 Å². The molecule has 2 rings (SSSR count). The van der Waals surface area contributed by atoms with Gasteiger partial charge in [0.1, 0.15) is 4.90 Å². The highest BCUT2D eigenvalue weighted by Gasteiger charge is 2.20. The van der Waals surface area contributed by atoms with Crippen LogP contribution in [0.2, 0.25) is 0 Å². The van der Waals surface area contributed by atoms with Crippen LogP contribution in [0.5, 0.6) is 0 Å². The lowest BCUT2D eigenvalue weighted by Gasteiger charge is -2.07. The van der Waals surface area contributed by atoms with Gasteiger partial charge in [0.25, 0.3) is 10.0 Å². The number of nitrogens with one attached hydrogen (secondary N) is 2. The molecule has 2 aromatic rings. The molecule has 4 nitrogen and oxygen atoms in total. The van der Waals surface area contributed by atoms with Gasteiger partial charge in [0.15, 0.2) is 0 Å². The fourth-order valence-corrected chi connectivity index (χ4v) is 5.87. The molecule has 0 bridgehead atoms. The van der Waals surface area contributed by atoms with Gasteiger partial charge in [-0.15, -0.1) is 23.1 Å². The first-order chi connectivity index (χ1) is 9.96. The molecule has 0 amide bonds. The molecule has 114 valence electrons. The number of benzene rings is 1. The summed E-state index contributed by atoms with van der Waals surface area (Å²) in [5.74, 6) is 0. The summed E-state index contributed by atoms with van der Waals surface area (Å²) in [4.78, 5) is 2.32.